The maximum absolute atomic E-state index is 12.3. The number of nitrogens with zero attached hydrogens (tertiary/aromatic N) is 2. The molecule has 1 amide bonds. The molecule has 1 aliphatic heterocycles. The summed E-state index contributed by atoms with van der Waals surface area (Å²) in [5.74, 6) is 0. The smallest absolute Gasteiger partial charge is 0.410 e. The van der Waals surface area contributed by atoms with E-state index in [1.165, 1.54) is 0 Å². The van der Waals surface area contributed by atoms with Gasteiger partial charge in [0.1, 0.15) is 11.9 Å². The fourth-order valence-corrected chi connectivity index (χ4v) is 2.74. The van der Waals surface area contributed by atoms with Crippen LogP contribution in [0.1, 0.15) is 52.7 Å². The van der Waals surface area contributed by atoms with Gasteiger partial charge in [0.15, 0.2) is 0 Å². The zero-order valence-corrected chi connectivity index (χ0v) is 14.0. The lowest BCUT2D eigenvalue weighted by molar-refractivity contribution is 0.0214. The maximum Gasteiger partial charge on any atom is 0.410 e. The molecule has 0 bridgehead atoms. The van der Waals surface area contributed by atoms with Gasteiger partial charge in [0.05, 0.1) is 5.69 Å². The Labute approximate surface area is 132 Å². The molecule has 0 aliphatic carbocycles. The lowest BCUT2D eigenvalue weighted by Crippen LogP contribution is -2.42. The predicted octanol–water partition coefficient (Wildman–Crippen LogP) is 2.94. The molecule has 2 rings (SSSR count). The van der Waals surface area contributed by atoms with E-state index in [9.17, 15) is 4.79 Å². The van der Waals surface area contributed by atoms with E-state index < -0.39 is 5.60 Å². The maximum atomic E-state index is 12.3. The van der Waals surface area contributed by atoms with Gasteiger partial charge in [-0.2, -0.15) is 0 Å². The molecule has 1 aromatic heterocycles. The van der Waals surface area contributed by atoms with Crippen molar-refractivity contribution in [3.63, 3.8) is 0 Å². The van der Waals surface area contributed by atoms with Crippen molar-refractivity contribution in [2.75, 3.05) is 6.54 Å². The Hall–Kier alpha value is -1.56. The van der Waals surface area contributed by atoms with Crippen molar-refractivity contribution in [2.24, 2.45) is 0 Å². The van der Waals surface area contributed by atoms with E-state index in [2.05, 4.69) is 17.4 Å². The predicted molar refractivity (Wildman–Crippen MR) is 83.4 cm³/mol. The highest BCUT2D eigenvalue weighted by molar-refractivity contribution is 5.68. The van der Waals surface area contributed by atoms with Crippen molar-refractivity contribution in [2.45, 2.75) is 71.2 Å². The quantitative estimate of drug-likeness (QED) is 0.905. The van der Waals surface area contributed by atoms with Crippen LogP contribution in [0, 0.1) is 0 Å². The van der Waals surface area contributed by atoms with E-state index in [-0.39, 0.29) is 12.1 Å². The summed E-state index contributed by atoms with van der Waals surface area (Å²) in [5.41, 5.74) is 0.448. The molecular formula is C16H27N3O3. The van der Waals surface area contributed by atoms with Crippen molar-refractivity contribution >= 4 is 6.09 Å². The topological polar surface area (TPSA) is 67.6 Å². The number of aromatic nitrogens is 1. The standard InChI is InChI=1S/C16H27N3O3/c1-12(17-11-13-7-9-21-18-13)10-14-6-5-8-19(14)15(20)22-16(2,3)4/h7,9,12,14,17H,5-6,8,10-11H2,1-4H3. The first-order valence-corrected chi connectivity index (χ1v) is 7.97. The fourth-order valence-electron chi connectivity index (χ4n) is 2.74. The molecule has 22 heavy (non-hydrogen) atoms. The van der Waals surface area contributed by atoms with E-state index >= 15 is 0 Å². The average Bonchev–Trinajstić information content (AvgIpc) is 3.05. The SMILES string of the molecule is CC(CC1CCCN1C(=O)OC(C)(C)C)NCc1ccon1. The van der Waals surface area contributed by atoms with Crippen LogP contribution in [0.3, 0.4) is 0 Å². The first-order valence-electron chi connectivity index (χ1n) is 7.97. The number of carbonyl (C=O) groups excluding carboxylic acids is 1. The van der Waals surface area contributed by atoms with E-state index in [4.69, 9.17) is 9.26 Å². The number of rotatable bonds is 5. The number of nitrogens with one attached hydrogen (secondary N) is 1. The molecule has 1 aromatic rings. The van der Waals surface area contributed by atoms with Gasteiger partial charge in [-0.3, -0.25) is 0 Å². The highest BCUT2D eigenvalue weighted by Crippen LogP contribution is 2.24. The van der Waals surface area contributed by atoms with Gasteiger partial charge in [0.25, 0.3) is 0 Å². The van der Waals surface area contributed by atoms with Crippen LogP contribution in [0.4, 0.5) is 4.79 Å². The zero-order chi connectivity index (χ0) is 16.2. The summed E-state index contributed by atoms with van der Waals surface area (Å²) in [6.07, 6.45) is 4.37. The molecule has 124 valence electrons. The molecule has 2 atom stereocenters. The molecule has 1 aliphatic rings. The number of hydrogen-bond donors (Lipinski definition) is 1. The lowest BCUT2D eigenvalue weighted by Gasteiger charge is -2.30. The molecule has 0 aromatic carbocycles. The molecule has 0 spiro atoms. The first kappa shape index (κ1) is 16.8. The molecule has 2 heterocycles. The van der Waals surface area contributed by atoms with Gasteiger partial charge in [-0.1, -0.05) is 5.16 Å². The van der Waals surface area contributed by atoms with Gasteiger partial charge in [-0.15, -0.1) is 0 Å². The summed E-state index contributed by atoms with van der Waals surface area (Å²) in [5, 5.41) is 7.30. The van der Waals surface area contributed by atoms with Crippen LogP contribution in [-0.4, -0.2) is 40.4 Å². The Balaban J connectivity index is 1.81. The summed E-state index contributed by atoms with van der Waals surface area (Å²) < 4.78 is 10.3. The third-order valence-corrected chi connectivity index (χ3v) is 3.75. The van der Waals surface area contributed by atoms with Crippen LogP contribution >= 0.6 is 0 Å². The highest BCUT2D eigenvalue weighted by atomic mass is 16.6. The Morgan fingerprint density at radius 3 is 3.00 bits per heavy atom. The van der Waals surface area contributed by atoms with Gasteiger partial charge < -0.3 is 19.5 Å². The van der Waals surface area contributed by atoms with Crippen molar-refractivity contribution in [3.8, 4) is 0 Å². The molecule has 0 radical (unpaired) electrons. The number of hydrogen-bond acceptors (Lipinski definition) is 5. The second kappa shape index (κ2) is 7.13. The Bertz CT molecular complexity index is 467. The minimum atomic E-state index is -0.443. The number of carbonyl (C=O) groups is 1. The van der Waals surface area contributed by atoms with Crippen LogP contribution in [0.15, 0.2) is 16.9 Å². The summed E-state index contributed by atoms with van der Waals surface area (Å²) >= 11 is 0. The molecule has 0 saturated carbocycles. The molecule has 2 unspecified atom stereocenters. The Morgan fingerprint density at radius 1 is 1.59 bits per heavy atom. The van der Waals surface area contributed by atoms with Crippen molar-refractivity contribution < 1.29 is 14.1 Å². The summed E-state index contributed by atoms with van der Waals surface area (Å²) in [7, 11) is 0. The van der Waals surface area contributed by atoms with Gasteiger partial charge in [-0.25, -0.2) is 4.79 Å². The third-order valence-electron chi connectivity index (χ3n) is 3.75. The minimum absolute atomic E-state index is 0.196. The average molecular weight is 309 g/mol. The molecule has 1 N–H and O–H groups in total. The van der Waals surface area contributed by atoms with Gasteiger partial charge in [0.2, 0.25) is 0 Å². The first-order chi connectivity index (χ1) is 10.3. The van der Waals surface area contributed by atoms with Gasteiger partial charge in [0, 0.05) is 31.2 Å². The van der Waals surface area contributed by atoms with Crippen LogP contribution in [0.2, 0.25) is 0 Å². The number of likely N-dealkylation sites (tertiary alicyclic amines) is 1. The molecular weight excluding hydrogens is 282 g/mol. The van der Waals surface area contributed by atoms with Crippen molar-refractivity contribution in [1.29, 1.82) is 0 Å². The van der Waals surface area contributed by atoms with E-state index in [0.717, 1.165) is 31.5 Å². The molecule has 6 heteroatoms. The lowest BCUT2D eigenvalue weighted by atomic mass is 10.1. The van der Waals surface area contributed by atoms with Gasteiger partial charge >= 0.3 is 6.09 Å². The molecule has 1 saturated heterocycles. The Morgan fingerprint density at radius 2 is 2.36 bits per heavy atom. The van der Waals surface area contributed by atoms with Crippen LogP contribution in [0.5, 0.6) is 0 Å². The van der Waals surface area contributed by atoms with Crippen molar-refractivity contribution in [1.82, 2.24) is 15.4 Å². The summed E-state index contributed by atoms with van der Waals surface area (Å²) in [6.45, 7) is 9.30. The largest absolute Gasteiger partial charge is 0.444 e. The van der Waals surface area contributed by atoms with Crippen LogP contribution < -0.4 is 5.32 Å². The second-order valence-corrected chi connectivity index (χ2v) is 6.98. The molecule has 6 nitrogen and oxygen atoms in total. The van der Waals surface area contributed by atoms with Crippen LogP contribution in [-0.2, 0) is 11.3 Å². The van der Waals surface area contributed by atoms with Crippen molar-refractivity contribution in [3.05, 3.63) is 18.0 Å². The van der Waals surface area contributed by atoms with E-state index in [1.807, 2.05) is 31.7 Å². The summed E-state index contributed by atoms with van der Waals surface area (Å²) in [6, 6.07) is 2.39. The molecule has 1 fully saturated rings. The highest BCUT2D eigenvalue weighted by Gasteiger charge is 2.32. The van der Waals surface area contributed by atoms with Crippen LogP contribution in [0.25, 0.3) is 0 Å². The summed E-state index contributed by atoms with van der Waals surface area (Å²) in [4.78, 5) is 14.1. The monoisotopic (exact) mass is 309 g/mol. The Kier molecular flexibility index (Phi) is 5.45. The van der Waals surface area contributed by atoms with E-state index in [1.54, 1.807) is 6.26 Å². The minimum Gasteiger partial charge on any atom is -0.444 e. The fraction of sp³-hybridized carbons (Fsp3) is 0.750. The zero-order valence-electron chi connectivity index (χ0n) is 14.0. The third kappa shape index (κ3) is 5.02. The van der Waals surface area contributed by atoms with E-state index in [0.29, 0.717) is 12.6 Å². The second-order valence-electron chi connectivity index (χ2n) is 6.98. The van der Waals surface area contributed by atoms with Gasteiger partial charge in [-0.05, 0) is 47.0 Å². The normalized spacial score (nSPS) is 20.2. The number of amides is 1. The number of ether oxygens (including phenoxy) is 1.